The normalized spacial score (nSPS) is 11.0. The lowest BCUT2D eigenvalue weighted by atomic mass is 10.0. The highest BCUT2D eigenvalue weighted by Crippen LogP contribution is 2.20. The number of rotatable bonds is 5. The summed E-state index contributed by atoms with van der Waals surface area (Å²) in [6.07, 6.45) is 0.750. The van der Waals surface area contributed by atoms with Crippen molar-refractivity contribution in [1.29, 1.82) is 0 Å². The Hall–Kier alpha value is -2.77. The molecule has 0 spiro atoms. The van der Waals surface area contributed by atoms with E-state index in [2.05, 4.69) is 4.74 Å². The van der Waals surface area contributed by atoms with Gasteiger partial charge in [0.05, 0.1) is 11.5 Å². The molecule has 0 atom stereocenters. The Morgan fingerprint density at radius 3 is 2.60 bits per heavy atom. The topological polar surface area (TPSA) is 113 Å². The average molecular weight is 282 g/mol. The van der Waals surface area contributed by atoms with Crippen LogP contribution in [0.25, 0.3) is 0 Å². The van der Waals surface area contributed by atoms with Crippen molar-refractivity contribution >= 4 is 17.4 Å². The molecule has 0 saturated carbocycles. The van der Waals surface area contributed by atoms with Crippen molar-refractivity contribution in [1.82, 2.24) is 0 Å². The summed E-state index contributed by atoms with van der Waals surface area (Å²) in [7, 11) is 0. The van der Waals surface area contributed by atoms with Crippen LogP contribution in [0.4, 0.5) is 10.1 Å². The van der Waals surface area contributed by atoms with E-state index < -0.39 is 33.8 Å². The Labute approximate surface area is 113 Å². The van der Waals surface area contributed by atoms with Crippen molar-refractivity contribution in [2.24, 2.45) is 5.73 Å². The Morgan fingerprint density at radius 2 is 2.15 bits per heavy atom. The van der Waals surface area contributed by atoms with Gasteiger partial charge in [-0.05, 0) is 19.1 Å². The van der Waals surface area contributed by atoms with Gasteiger partial charge in [0, 0.05) is 17.8 Å². The SMILES string of the molecule is CCOC(=O)/C(=C\N)C(=O)c1ccc([N+](=O)[O-])c(F)c1. The Kier molecular flexibility index (Phi) is 4.90. The number of hydrogen-bond acceptors (Lipinski definition) is 6. The van der Waals surface area contributed by atoms with E-state index in [1.165, 1.54) is 0 Å². The maximum atomic E-state index is 13.4. The van der Waals surface area contributed by atoms with E-state index in [4.69, 9.17) is 5.73 Å². The van der Waals surface area contributed by atoms with E-state index in [-0.39, 0.29) is 12.2 Å². The van der Waals surface area contributed by atoms with Gasteiger partial charge in [0.1, 0.15) is 5.57 Å². The number of nitro groups is 1. The second-order valence-corrected chi connectivity index (χ2v) is 3.55. The van der Waals surface area contributed by atoms with Gasteiger partial charge in [0.2, 0.25) is 11.6 Å². The molecule has 20 heavy (non-hydrogen) atoms. The summed E-state index contributed by atoms with van der Waals surface area (Å²) in [6.45, 7) is 1.58. The molecular weight excluding hydrogens is 271 g/mol. The van der Waals surface area contributed by atoms with Crippen LogP contribution < -0.4 is 5.73 Å². The lowest BCUT2D eigenvalue weighted by Gasteiger charge is -2.05. The minimum Gasteiger partial charge on any atom is -0.462 e. The molecule has 0 aliphatic heterocycles. The molecule has 0 aliphatic rings. The van der Waals surface area contributed by atoms with Crippen LogP contribution in [-0.4, -0.2) is 23.3 Å². The van der Waals surface area contributed by atoms with Crippen LogP contribution in [0, 0.1) is 15.9 Å². The molecule has 0 bridgehead atoms. The second kappa shape index (κ2) is 6.41. The van der Waals surface area contributed by atoms with Gasteiger partial charge < -0.3 is 10.5 Å². The number of ketones is 1. The summed E-state index contributed by atoms with van der Waals surface area (Å²) in [5, 5.41) is 10.5. The van der Waals surface area contributed by atoms with E-state index >= 15 is 0 Å². The van der Waals surface area contributed by atoms with E-state index in [1.807, 2.05) is 0 Å². The number of hydrogen-bond donors (Lipinski definition) is 1. The van der Waals surface area contributed by atoms with Gasteiger partial charge in [-0.15, -0.1) is 0 Å². The number of halogens is 1. The van der Waals surface area contributed by atoms with Crippen LogP contribution in [0.5, 0.6) is 0 Å². The molecule has 1 aromatic rings. The molecule has 7 nitrogen and oxygen atoms in total. The van der Waals surface area contributed by atoms with Crippen molar-refractivity contribution in [3.63, 3.8) is 0 Å². The molecule has 2 N–H and O–H groups in total. The number of nitrogens with two attached hydrogens (primary N) is 1. The number of ether oxygens (including phenoxy) is 1. The highest BCUT2D eigenvalue weighted by Gasteiger charge is 2.23. The molecule has 0 aliphatic carbocycles. The van der Waals surface area contributed by atoms with E-state index in [9.17, 15) is 24.1 Å². The fourth-order valence-electron chi connectivity index (χ4n) is 1.40. The summed E-state index contributed by atoms with van der Waals surface area (Å²) >= 11 is 0. The molecule has 0 heterocycles. The zero-order valence-electron chi connectivity index (χ0n) is 10.5. The summed E-state index contributed by atoms with van der Waals surface area (Å²) in [6, 6.07) is 2.54. The maximum Gasteiger partial charge on any atom is 0.343 e. The Morgan fingerprint density at radius 1 is 1.50 bits per heavy atom. The van der Waals surface area contributed by atoms with Gasteiger partial charge in [-0.2, -0.15) is 4.39 Å². The van der Waals surface area contributed by atoms with Crippen LogP contribution >= 0.6 is 0 Å². The first kappa shape index (κ1) is 15.3. The summed E-state index contributed by atoms with van der Waals surface area (Å²) < 4.78 is 18.0. The molecule has 0 unspecified atom stereocenters. The number of nitrogens with zero attached hydrogens (tertiary/aromatic N) is 1. The number of benzene rings is 1. The molecule has 0 amide bonds. The first-order valence-electron chi connectivity index (χ1n) is 5.50. The van der Waals surface area contributed by atoms with Crippen molar-refractivity contribution in [2.45, 2.75) is 6.92 Å². The van der Waals surface area contributed by atoms with Gasteiger partial charge >= 0.3 is 11.7 Å². The van der Waals surface area contributed by atoms with Crippen LogP contribution in [0.3, 0.4) is 0 Å². The third-order valence-corrected chi connectivity index (χ3v) is 2.31. The minimum absolute atomic E-state index is 0.0398. The van der Waals surface area contributed by atoms with E-state index in [1.54, 1.807) is 6.92 Å². The van der Waals surface area contributed by atoms with Gasteiger partial charge in [0.25, 0.3) is 0 Å². The van der Waals surface area contributed by atoms with Crippen molar-refractivity contribution in [3.8, 4) is 0 Å². The standard InChI is InChI=1S/C12H11FN2O5/c1-2-20-12(17)8(6-14)11(16)7-3-4-10(15(18)19)9(13)5-7/h3-6H,2,14H2,1H3/b8-6-. The van der Waals surface area contributed by atoms with Crippen LogP contribution in [0.1, 0.15) is 17.3 Å². The number of carbonyl (C=O) groups excluding carboxylic acids is 2. The molecule has 1 aromatic carbocycles. The third kappa shape index (κ3) is 3.16. The summed E-state index contributed by atoms with van der Waals surface area (Å²) in [5.41, 5.74) is 3.69. The van der Waals surface area contributed by atoms with Crippen molar-refractivity contribution in [3.05, 3.63) is 51.5 Å². The molecule has 0 radical (unpaired) electrons. The zero-order chi connectivity index (χ0) is 15.3. The zero-order valence-corrected chi connectivity index (χ0v) is 10.5. The molecule has 106 valence electrons. The average Bonchev–Trinajstić information content (AvgIpc) is 2.39. The maximum absolute atomic E-state index is 13.4. The minimum atomic E-state index is -1.18. The van der Waals surface area contributed by atoms with Crippen LogP contribution in [-0.2, 0) is 9.53 Å². The molecule has 0 aromatic heterocycles. The highest BCUT2D eigenvalue weighted by molar-refractivity contribution is 6.24. The number of carbonyl (C=O) groups is 2. The highest BCUT2D eigenvalue weighted by atomic mass is 19.1. The van der Waals surface area contributed by atoms with Crippen molar-refractivity contribution in [2.75, 3.05) is 6.61 Å². The Bertz CT molecular complexity index is 598. The van der Waals surface area contributed by atoms with Gasteiger partial charge in [0.15, 0.2) is 0 Å². The predicted molar refractivity (Wildman–Crippen MR) is 66.3 cm³/mol. The molecular formula is C12H11FN2O5. The third-order valence-electron chi connectivity index (χ3n) is 2.31. The fourth-order valence-corrected chi connectivity index (χ4v) is 1.40. The monoisotopic (exact) mass is 282 g/mol. The van der Waals surface area contributed by atoms with E-state index in [0.717, 1.165) is 18.3 Å². The van der Waals surface area contributed by atoms with Gasteiger partial charge in [-0.1, -0.05) is 0 Å². The van der Waals surface area contributed by atoms with Gasteiger partial charge in [-0.3, -0.25) is 14.9 Å². The molecule has 0 saturated heterocycles. The smallest absolute Gasteiger partial charge is 0.343 e. The lowest BCUT2D eigenvalue weighted by molar-refractivity contribution is -0.387. The Balaban J connectivity index is 3.12. The number of nitro benzene ring substituents is 1. The second-order valence-electron chi connectivity index (χ2n) is 3.55. The molecule has 8 heteroatoms. The van der Waals surface area contributed by atoms with Crippen LogP contribution in [0.15, 0.2) is 30.0 Å². The number of esters is 1. The largest absolute Gasteiger partial charge is 0.462 e. The molecule has 0 fully saturated rings. The van der Waals surface area contributed by atoms with Crippen LogP contribution in [0.2, 0.25) is 0 Å². The molecule has 1 rings (SSSR count). The fraction of sp³-hybridized carbons (Fsp3) is 0.167. The van der Waals surface area contributed by atoms with Crippen molar-refractivity contribution < 1.29 is 23.6 Å². The first-order valence-corrected chi connectivity index (χ1v) is 5.50. The van der Waals surface area contributed by atoms with Gasteiger partial charge in [-0.25, -0.2) is 4.79 Å². The lowest BCUT2D eigenvalue weighted by Crippen LogP contribution is -2.18. The summed E-state index contributed by atoms with van der Waals surface area (Å²) in [5.74, 6) is -3.00. The summed E-state index contributed by atoms with van der Waals surface area (Å²) in [4.78, 5) is 32.9. The number of Topliss-reactive ketones (excluding diaryl/α,β-unsaturated/α-hetero) is 1. The predicted octanol–water partition coefficient (Wildman–Crippen LogP) is 1.32. The first-order chi connectivity index (χ1) is 9.42. The van der Waals surface area contributed by atoms with E-state index in [0.29, 0.717) is 6.07 Å². The quantitative estimate of drug-likeness (QED) is 0.166.